The molecule has 3 aromatic rings. The summed E-state index contributed by atoms with van der Waals surface area (Å²) in [6, 6.07) is 12.1. The van der Waals surface area contributed by atoms with Crippen LogP contribution in [0.4, 0.5) is 24.8 Å². The van der Waals surface area contributed by atoms with Crippen LogP contribution in [0.1, 0.15) is 16.2 Å². The van der Waals surface area contributed by atoms with Gasteiger partial charge in [-0.2, -0.15) is 13.2 Å². The molecule has 1 aromatic carbocycles. The second kappa shape index (κ2) is 6.27. The fraction of sp³-hybridized carbons (Fsp3) is 0.0625. The third-order valence-corrected chi connectivity index (χ3v) is 3.28. The summed E-state index contributed by atoms with van der Waals surface area (Å²) in [6.07, 6.45) is -4.64. The molecule has 0 aliphatic heterocycles. The van der Waals surface area contributed by atoms with Crippen LogP contribution in [-0.2, 0) is 6.18 Å². The van der Waals surface area contributed by atoms with Crippen LogP contribution in [0.3, 0.4) is 0 Å². The number of imidazole rings is 1. The highest BCUT2D eigenvalue weighted by Crippen LogP contribution is 2.28. The summed E-state index contributed by atoms with van der Waals surface area (Å²) in [4.78, 5) is 22.4. The first-order valence-corrected chi connectivity index (χ1v) is 7.11. The summed E-state index contributed by atoms with van der Waals surface area (Å²) in [6.45, 7) is 0. The van der Waals surface area contributed by atoms with Gasteiger partial charge in [-0.25, -0.2) is 9.97 Å². The molecule has 0 saturated heterocycles. The van der Waals surface area contributed by atoms with Gasteiger partial charge in [-0.15, -0.1) is 0 Å². The zero-order valence-electron chi connectivity index (χ0n) is 12.6. The largest absolute Gasteiger partial charge is 0.433 e. The molecular weight excluding hydrogens is 335 g/mol. The first-order valence-electron chi connectivity index (χ1n) is 7.11. The summed E-state index contributed by atoms with van der Waals surface area (Å²) in [5, 5.41) is 2.36. The number of nitrogens with two attached hydrogens (primary N) is 1. The zero-order chi connectivity index (χ0) is 18.0. The molecule has 2 heterocycles. The molecule has 0 fully saturated rings. The van der Waals surface area contributed by atoms with Gasteiger partial charge in [0.1, 0.15) is 23.0 Å². The molecular formula is C16H12F3N5O. The highest BCUT2D eigenvalue weighted by atomic mass is 19.4. The molecule has 0 radical (unpaired) electrons. The smallest absolute Gasteiger partial charge is 0.382 e. The standard InChI is InChI=1S/C16H12F3N5O/c17-16(18,19)11-8-4-7-10(21-11)15(25)24-14-12(20)22-13(23-14)9-5-2-1-3-6-9/h1-8H,20H2,(H,22,23)(H,24,25). The summed E-state index contributed by atoms with van der Waals surface area (Å²) < 4.78 is 38.0. The van der Waals surface area contributed by atoms with Crippen molar-refractivity contribution in [2.24, 2.45) is 0 Å². The number of aromatic nitrogens is 3. The Balaban J connectivity index is 1.84. The summed E-state index contributed by atoms with van der Waals surface area (Å²) in [7, 11) is 0. The molecule has 128 valence electrons. The van der Waals surface area contributed by atoms with E-state index in [0.29, 0.717) is 5.82 Å². The van der Waals surface area contributed by atoms with E-state index in [9.17, 15) is 18.0 Å². The predicted molar refractivity (Wildman–Crippen MR) is 85.6 cm³/mol. The Labute approximate surface area is 139 Å². The Morgan fingerprint density at radius 1 is 1.04 bits per heavy atom. The van der Waals surface area contributed by atoms with Crippen LogP contribution in [0.15, 0.2) is 48.5 Å². The van der Waals surface area contributed by atoms with E-state index in [1.807, 2.05) is 6.07 Å². The van der Waals surface area contributed by atoms with Gasteiger partial charge in [0.25, 0.3) is 5.91 Å². The second-order valence-corrected chi connectivity index (χ2v) is 5.07. The van der Waals surface area contributed by atoms with Crippen molar-refractivity contribution < 1.29 is 18.0 Å². The van der Waals surface area contributed by atoms with E-state index in [2.05, 4.69) is 20.3 Å². The molecule has 0 unspecified atom stereocenters. The maximum atomic E-state index is 12.7. The van der Waals surface area contributed by atoms with Crippen molar-refractivity contribution in [2.75, 3.05) is 11.1 Å². The van der Waals surface area contributed by atoms with Crippen molar-refractivity contribution in [3.63, 3.8) is 0 Å². The zero-order valence-corrected chi connectivity index (χ0v) is 12.6. The van der Waals surface area contributed by atoms with Gasteiger partial charge in [-0.1, -0.05) is 36.4 Å². The molecule has 9 heteroatoms. The van der Waals surface area contributed by atoms with Gasteiger partial charge in [0.15, 0.2) is 5.82 Å². The number of H-pyrrole nitrogens is 1. The first kappa shape index (κ1) is 16.5. The van der Waals surface area contributed by atoms with Crippen LogP contribution in [0.25, 0.3) is 11.4 Å². The third-order valence-electron chi connectivity index (χ3n) is 3.28. The Morgan fingerprint density at radius 3 is 2.44 bits per heavy atom. The number of aromatic amines is 1. The Kier molecular flexibility index (Phi) is 4.14. The van der Waals surface area contributed by atoms with E-state index in [4.69, 9.17) is 5.73 Å². The maximum absolute atomic E-state index is 12.7. The van der Waals surface area contributed by atoms with Crippen molar-refractivity contribution in [2.45, 2.75) is 6.18 Å². The lowest BCUT2D eigenvalue weighted by atomic mass is 10.2. The molecule has 6 nitrogen and oxygen atoms in total. The first-order chi connectivity index (χ1) is 11.8. The van der Waals surface area contributed by atoms with Crippen molar-refractivity contribution >= 4 is 17.5 Å². The number of nitrogens with one attached hydrogen (secondary N) is 2. The molecule has 0 spiro atoms. The van der Waals surface area contributed by atoms with Crippen LogP contribution in [-0.4, -0.2) is 20.9 Å². The van der Waals surface area contributed by atoms with E-state index < -0.39 is 23.5 Å². The topological polar surface area (TPSA) is 96.7 Å². The van der Waals surface area contributed by atoms with Crippen LogP contribution in [0.5, 0.6) is 0 Å². The number of carbonyl (C=O) groups is 1. The average molecular weight is 347 g/mol. The van der Waals surface area contributed by atoms with Crippen molar-refractivity contribution in [1.82, 2.24) is 15.0 Å². The van der Waals surface area contributed by atoms with Gasteiger partial charge in [-0.3, -0.25) is 4.79 Å². The lowest BCUT2D eigenvalue weighted by molar-refractivity contribution is -0.141. The molecule has 0 aliphatic rings. The SMILES string of the molecule is Nc1[nH]c(-c2ccccc2)nc1NC(=O)c1cccc(C(F)(F)F)n1. The number of nitrogens with zero attached hydrogens (tertiary/aromatic N) is 2. The van der Waals surface area contributed by atoms with E-state index >= 15 is 0 Å². The predicted octanol–water partition coefficient (Wildman–Crippen LogP) is 3.33. The molecule has 0 atom stereocenters. The van der Waals surface area contributed by atoms with Crippen LogP contribution < -0.4 is 11.1 Å². The molecule has 0 aliphatic carbocycles. The lowest BCUT2D eigenvalue weighted by Gasteiger charge is -2.07. The van der Waals surface area contributed by atoms with Gasteiger partial charge in [-0.05, 0) is 12.1 Å². The number of rotatable bonds is 3. The second-order valence-electron chi connectivity index (χ2n) is 5.07. The number of alkyl halides is 3. The van der Waals surface area contributed by atoms with Gasteiger partial charge in [0.05, 0.1) is 0 Å². The Bertz CT molecular complexity index is 906. The lowest BCUT2D eigenvalue weighted by Crippen LogP contribution is -2.17. The third kappa shape index (κ3) is 3.60. The van der Waals surface area contributed by atoms with Gasteiger partial charge in [0.2, 0.25) is 0 Å². The average Bonchev–Trinajstić information content (AvgIpc) is 2.96. The number of hydrogen-bond acceptors (Lipinski definition) is 4. The summed E-state index contributed by atoms with van der Waals surface area (Å²) in [5.74, 6) is -0.323. The fourth-order valence-electron chi connectivity index (χ4n) is 2.11. The quantitative estimate of drug-likeness (QED) is 0.677. The van der Waals surface area contributed by atoms with Gasteiger partial charge >= 0.3 is 6.18 Å². The number of amides is 1. The molecule has 3 rings (SSSR count). The van der Waals surface area contributed by atoms with Crippen LogP contribution in [0.2, 0.25) is 0 Å². The molecule has 0 bridgehead atoms. The molecule has 2 aromatic heterocycles. The minimum Gasteiger partial charge on any atom is -0.382 e. The normalized spacial score (nSPS) is 11.3. The number of pyridine rings is 1. The van der Waals surface area contributed by atoms with Gasteiger partial charge in [0, 0.05) is 5.56 Å². The van der Waals surface area contributed by atoms with Crippen molar-refractivity contribution in [3.8, 4) is 11.4 Å². The van der Waals surface area contributed by atoms with E-state index in [-0.39, 0.29) is 11.6 Å². The van der Waals surface area contributed by atoms with E-state index in [0.717, 1.165) is 17.7 Å². The monoisotopic (exact) mass is 347 g/mol. The molecule has 25 heavy (non-hydrogen) atoms. The van der Waals surface area contributed by atoms with Crippen LogP contribution in [0, 0.1) is 0 Å². The Morgan fingerprint density at radius 2 is 1.76 bits per heavy atom. The van der Waals surface area contributed by atoms with Crippen molar-refractivity contribution in [3.05, 3.63) is 59.9 Å². The molecule has 4 N–H and O–H groups in total. The number of nitrogen functional groups attached to an aromatic ring is 1. The van der Waals surface area contributed by atoms with Gasteiger partial charge < -0.3 is 16.0 Å². The Hall–Kier alpha value is -3.36. The maximum Gasteiger partial charge on any atom is 0.433 e. The number of benzene rings is 1. The molecule has 1 amide bonds. The fourth-order valence-corrected chi connectivity index (χ4v) is 2.11. The van der Waals surface area contributed by atoms with E-state index in [1.165, 1.54) is 6.07 Å². The minimum absolute atomic E-state index is 0.0167. The summed E-state index contributed by atoms with van der Waals surface area (Å²) >= 11 is 0. The number of halogens is 3. The molecule has 0 saturated carbocycles. The highest BCUT2D eigenvalue weighted by molar-refractivity contribution is 6.03. The van der Waals surface area contributed by atoms with Crippen molar-refractivity contribution in [1.29, 1.82) is 0 Å². The highest BCUT2D eigenvalue weighted by Gasteiger charge is 2.33. The summed E-state index contributed by atoms with van der Waals surface area (Å²) in [5.41, 5.74) is 4.97. The minimum atomic E-state index is -4.64. The van der Waals surface area contributed by atoms with E-state index in [1.54, 1.807) is 24.3 Å². The van der Waals surface area contributed by atoms with Crippen LogP contribution >= 0.6 is 0 Å². The number of carbonyl (C=O) groups excluding carboxylic acids is 1. The number of hydrogen-bond donors (Lipinski definition) is 3. The number of anilines is 2.